The zero-order chi connectivity index (χ0) is 35.7. The second-order valence-electron chi connectivity index (χ2n) is 11.7. The van der Waals surface area contributed by atoms with Gasteiger partial charge in [-0.3, -0.25) is 14.6 Å². The number of amides is 2. The Morgan fingerprint density at radius 3 is 2.27 bits per heavy atom. The van der Waals surface area contributed by atoms with Gasteiger partial charge in [-0.25, -0.2) is 19.9 Å². The third-order valence-electron chi connectivity index (χ3n) is 8.17. The van der Waals surface area contributed by atoms with E-state index in [1.165, 1.54) is 16.9 Å². The van der Waals surface area contributed by atoms with E-state index in [-0.39, 0.29) is 17.6 Å². The molecule has 51 heavy (non-hydrogen) atoms. The number of nitrogens with one attached hydrogen (secondary N) is 3. The molecule has 0 aliphatic rings. The molecule has 4 heterocycles. The van der Waals surface area contributed by atoms with E-state index >= 15 is 0 Å². The number of para-hydroxylation sites is 1. The van der Waals surface area contributed by atoms with Crippen LogP contribution in [0.25, 0.3) is 33.4 Å². The normalized spacial score (nSPS) is 10.9. The summed E-state index contributed by atoms with van der Waals surface area (Å²) in [5.74, 6) is 0.532. The number of rotatable bonds is 14. The van der Waals surface area contributed by atoms with E-state index in [9.17, 15) is 9.59 Å². The van der Waals surface area contributed by atoms with Crippen LogP contribution in [0.1, 0.15) is 44.1 Å². The first-order valence-electron chi connectivity index (χ1n) is 16.7. The lowest BCUT2D eigenvalue weighted by molar-refractivity contribution is 0.0925. The second kappa shape index (κ2) is 16.2. The highest BCUT2D eigenvalue weighted by Gasteiger charge is 2.19. The average Bonchev–Trinajstić information content (AvgIpc) is 3.75. The molecule has 0 unspecified atom stereocenters. The molecule has 2 aromatic carbocycles. The minimum Gasteiger partial charge on any atom is -0.431 e. The van der Waals surface area contributed by atoms with Gasteiger partial charge in [0.05, 0.1) is 22.8 Å². The third-order valence-corrected chi connectivity index (χ3v) is 9.35. The Kier molecular flexibility index (Phi) is 11.1. The van der Waals surface area contributed by atoms with Crippen molar-refractivity contribution >= 4 is 34.8 Å². The summed E-state index contributed by atoms with van der Waals surface area (Å²) in [6.07, 6.45) is 3.39. The fourth-order valence-electron chi connectivity index (χ4n) is 5.51. The molecule has 6 rings (SSSR count). The minimum absolute atomic E-state index is 0.185. The first-order chi connectivity index (χ1) is 24.8. The second-order valence-corrected chi connectivity index (χ2v) is 12.7. The summed E-state index contributed by atoms with van der Waals surface area (Å²) in [4.78, 5) is 50.9. The molecule has 3 N–H and O–H groups in total. The van der Waals surface area contributed by atoms with Crippen molar-refractivity contribution < 1.29 is 14.0 Å². The van der Waals surface area contributed by atoms with Crippen molar-refractivity contribution in [3.05, 3.63) is 113 Å². The van der Waals surface area contributed by atoms with Gasteiger partial charge in [0.2, 0.25) is 17.6 Å². The van der Waals surface area contributed by atoms with Crippen LogP contribution in [0.15, 0.2) is 89.6 Å². The molecule has 0 saturated carbocycles. The molecule has 0 saturated heterocycles. The Labute approximate surface area is 300 Å². The Morgan fingerprint density at radius 1 is 0.745 bits per heavy atom. The molecule has 0 atom stereocenters. The number of pyridine rings is 1. The van der Waals surface area contributed by atoms with Crippen LogP contribution in [0.4, 0.5) is 11.6 Å². The highest BCUT2D eigenvalue weighted by molar-refractivity contribution is 7.17. The van der Waals surface area contributed by atoms with Crippen molar-refractivity contribution in [1.82, 2.24) is 35.6 Å². The van der Waals surface area contributed by atoms with Gasteiger partial charge >= 0.3 is 0 Å². The number of carbonyl (C=O) groups is 2. The van der Waals surface area contributed by atoms with E-state index in [1.54, 1.807) is 19.3 Å². The lowest BCUT2D eigenvalue weighted by Gasteiger charge is -2.25. The van der Waals surface area contributed by atoms with Crippen molar-refractivity contribution in [1.29, 1.82) is 0 Å². The SMILES string of the molecule is CCN(CCNC(=O)c1oc(-c2ccc(-c3ccnc(NCCNC(=O)c4sc(-c5ccccn5)nc4C)n3)cc2)nc1C)c1ccccc1C. The van der Waals surface area contributed by atoms with Crippen molar-refractivity contribution in [2.75, 3.05) is 42.9 Å². The summed E-state index contributed by atoms with van der Waals surface area (Å²) in [7, 11) is 0. The van der Waals surface area contributed by atoms with Gasteiger partial charge in [-0.1, -0.05) is 36.4 Å². The maximum atomic E-state index is 13.0. The predicted molar refractivity (Wildman–Crippen MR) is 200 cm³/mol. The van der Waals surface area contributed by atoms with Crippen LogP contribution in [-0.4, -0.2) is 69.5 Å². The van der Waals surface area contributed by atoms with Gasteiger partial charge < -0.3 is 25.3 Å². The maximum absolute atomic E-state index is 13.0. The first kappa shape index (κ1) is 34.9. The van der Waals surface area contributed by atoms with Crippen molar-refractivity contribution in [3.63, 3.8) is 0 Å². The van der Waals surface area contributed by atoms with Crippen LogP contribution >= 0.6 is 11.3 Å². The summed E-state index contributed by atoms with van der Waals surface area (Å²) in [5.41, 5.74) is 6.62. The number of hydrogen-bond donors (Lipinski definition) is 3. The van der Waals surface area contributed by atoms with Gasteiger partial charge in [-0.05, 0) is 69.7 Å². The molecule has 0 fully saturated rings. The predicted octanol–water partition coefficient (Wildman–Crippen LogP) is 6.34. The molecular weight excluding hydrogens is 663 g/mol. The Hall–Kier alpha value is -5.95. The van der Waals surface area contributed by atoms with Crippen LogP contribution in [0.3, 0.4) is 0 Å². The van der Waals surface area contributed by atoms with Crippen LogP contribution in [0, 0.1) is 20.8 Å². The molecule has 0 radical (unpaired) electrons. The van der Waals surface area contributed by atoms with Crippen molar-refractivity contribution in [2.24, 2.45) is 0 Å². The van der Waals surface area contributed by atoms with E-state index in [2.05, 4.69) is 71.8 Å². The average molecular weight is 702 g/mol. The summed E-state index contributed by atoms with van der Waals surface area (Å²) in [5, 5.41) is 9.79. The minimum atomic E-state index is -0.294. The number of benzene rings is 2. The molecule has 0 aliphatic heterocycles. The van der Waals surface area contributed by atoms with Crippen LogP contribution in [-0.2, 0) is 0 Å². The molecule has 260 valence electrons. The van der Waals surface area contributed by atoms with Crippen LogP contribution in [0.5, 0.6) is 0 Å². The summed E-state index contributed by atoms with van der Waals surface area (Å²) in [6, 6.07) is 23.3. The number of carbonyl (C=O) groups excluding carboxylic acids is 2. The molecule has 4 aromatic heterocycles. The van der Waals surface area contributed by atoms with E-state index < -0.39 is 0 Å². The quantitative estimate of drug-likeness (QED) is 0.110. The van der Waals surface area contributed by atoms with E-state index in [1.807, 2.05) is 67.6 Å². The number of thiazole rings is 1. The summed E-state index contributed by atoms with van der Waals surface area (Å²) >= 11 is 1.32. The molecule has 0 bridgehead atoms. The molecule has 0 spiro atoms. The van der Waals surface area contributed by atoms with Crippen molar-refractivity contribution in [3.8, 4) is 33.4 Å². The van der Waals surface area contributed by atoms with Gasteiger partial charge in [-0.15, -0.1) is 11.3 Å². The van der Waals surface area contributed by atoms with Gasteiger partial charge in [0.15, 0.2) is 0 Å². The highest BCUT2D eigenvalue weighted by atomic mass is 32.1. The fourth-order valence-corrected chi connectivity index (χ4v) is 6.47. The third kappa shape index (κ3) is 8.44. The summed E-state index contributed by atoms with van der Waals surface area (Å²) in [6.45, 7) is 10.6. The molecule has 0 aliphatic carbocycles. The van der Waals surface area contributed by atoms with Gasteiger partial charge in [0, 0.05) is 61.9 Å². The summed E-state index contributed by atoms with van der Waals surface area (Å²) < 4.78 is 5.93. The van der Waals surface area contributed by atoms with Crippen molar-refractivity contribution in [2.45, 2.75) is 27.7 Å². The van der Waals surface area contributed by atoms with E-state index in [4.69, 9.17) is 4.42 Å². The zero-order valence-electron chi connectivity index (χ0n) is 28.9. The van der Waals surface area contributed by atoms with Gasteiger partial charge in [0.1, 0.15) is 9.88 Å². The molecule has 12 nitrogen and oxygen atoms in total. The van der Waals surface area contributed by atoms with E-state index in [0.29, 0.717) is 59.3 Å². The molecule has 6 aromatic rings. The number of aromatic nitrogens is 5. The Balaban J connectivity index is 1.01. The monoisotopic (exact) mass is 701 g/mol. The fraction of sp³-hybridized carbons (Fsp3) is 0.237. The number of hydrogen-bond acceptors (Lipinski definition) is 11. The molecule has 2 amide bonds. The highest BCUT2D eigenvalue weighted by Crippen LogP contribution is 2.27. The Morgan fingerprint density at radius 2 is 1.51 bits per heavy atom. The lowest BCUT2D eigenvalue weighted by Crippen LogP contribution is -2.35. The van der Waals surface area contributed by atoms with Crippen LogP contribution < -0.4 is 20.9 Å². The lowest BCUT2D eigenvalue weighted by atomic mass is 10.1. The van der Waals surface area contributed by atoms with E-state index in [0.717, 1.165) is 34.7 Å². The van der Waals surface area contributed by atoms with Gasteiger partial charge in [-0.2, -0.15) is 0 Å². The largest absolute Gasteiger partial charge is 0.431 e. The standard InChI is InChI=1S/C38H39N9O3S/c1-5-47(31-12-7-6-10-24(31)2)23-22-41-34(48)32-25(3)44-36(50-32)28-15-13-27(14-16-28)29-17-19-42-38(46-29)43-21-20-40-35(49)33-26(4)45-37(51-33)30-11-8-9-18-39-30/h6-19H,5,20-23H2,1-4H3,(H,40,49)(H,41,48)(H,42,43,46). The smallest absolute Gasteiger partial charge is 0.289 e. The number of aryl methyl sites for hydroxylation is 3. The first-order valence-corrected chi connectivity index (χ1v) is 17.5. The topological polar surface area (TPSA) is 151 Å². The number of likely N-dealkylation sites (N-methyl/N-ethyl adjacent to an activating group) is 1. The molecule has 13 heteroatoms. The number of oxazole rings is 1. The van der Waals surface area contributed by atoms with Crippen LogP contribution in [0.2, 0.25) is 0 Å². The van der Waals surface area contributed by atoms with Gasteiger partial charge in [0.25, 0.3) is 11.8 Å². The Bertz CT molecular complexity index is 2110. The number of anilines is 2. The zero-order valence-corrected chi connectivity index (χ0v) is 29.8. The maximum Gasteiger partial charge on any atom is 0.289 e. The number of nitrogens with zero attached hydrogens (tertiary/aromatic N) is 6. The molecular formula is C38H39N9O3S.